The molecule has 0 radical (unpaired) electrons. The first-order chi connectivity index (χ1) is 9.15. The summed E-state index contributed by atoms with van der Waals surface area (Å²) in [5.41, 5.74) is 6.40. The second kappa shape index (κ2) is 6.84. The largest absolute Gasteiger partial charge is 0.492 e. The number of rotatable bonds is 5. The van der Waals surface area contributed by atoms with Crippen LogP contribution in [0.4, 0.5) is 0 Å². The molecule has 4 nitrogen and oxygen atoms in total. The van der Waals surface area contributed by atoms with Crippen LogP contribution in [0.2, 0.25) is 0 Å². The number of ether oxygens (including phenoxy) is 1. The molecule has 0 aliphatic carbocycles. The predicted octanol–water partition coefficient (Wildman–Crippen LogP) is 1.16. The van der Waals surface area contributed by atoms with Crippen molar-refractivity contribution in [2.45, 2.75) is 18.9 Å². The van der Waals surface area contributed by atoms with Gasteiger partial charge in [0.05, 0.1) is 6.10 Å². The smallest absolute Gasteiger partial charge is 0.120 e. The molecule has 1 heterocycles. The Morgan fingerprint density at radius 3 is 3.11 bits per heavy atom. The van der Waals surface area contributed by atoms with Crippen LogP contribution in [0.15, 0.2) is 24.3 Å². The molecule has 2 rings (SSSR count). The second-order valence-electron chi connectivity index (χ2n) is 4.84. The third-order valence-corrected chi connectivity index (χ3v) is 3.51. The van der Waals surface area contributed by atoms with Gasteiger partial charge in [-0.2, -0.15) is 0 Å². The van der Waals surface area contributed by atoms with Crippen molar-refractivity contribution in [2.24, 2.45) is 5.73 Å². The van der Waals surface area contributed by atoms with E-state index >= 15 is 0 Å². The molecule has 1 aromatic carbocycles. The molecule has 3 N–H and O–H groups in total. The summed E-state index contributed by atoms with van der Waals surface area (Å²) in [6.07, 6.45) is 1.78. The topological polar surface area (TPSA) is 58.7 Å². The molecule has 5 heteroatoms. The first-order valence-electron chi connectivity index (χ1n) is 6.58. The van der Waals surface area contributed by atoms with Gasteiger partial charge in [0.2, 0.25) is 0 Å². The van der Waals surface area contributed by atoms with Crippen LogP contribution in [0.25, 0.3) is 0 Å². The molecular weight excluding hydrogens is 260 g/mol. The van der Waals surface area contributed by atoms with Gasteiger partial charge in [0.1, 0.15) is 17.3 Å². The molecule has 0 bridgehead atoms. The van der Waals surface area contributed by atoms with Gasteiger partial charge in [-0.3, -0.25) is 4.90 Å². The van der Waals surface area contributed by atoms with Crippen LogP contribution in [0, 0.1) is 0 Å². The highest BCUT2D eigenvalue weighted by Crippen LogP contribution is 2.14. The monoisotopic (exact) mass is 280 g/mol. The van der Waals surface area contributed by atoms with Gasteiger partial charge in [0.15, 0.2) is 0 Å². The standard InChI is InChI=1S/C14H20N2O2S/c15-14(19)11-3-1-5-13(9-11)18-8-7-16-6-2-4-12(17)10-16/h1,3,5,9,12,17H,2,4,6-8,10H2,(H2,15,19). The van der Waals surface area contributed by atoms with E-state index < -0.39 is 0 Å². The van der Waals surface area contributed by atoms with Gasteiger partial charge in [0.25, 0.3) is 0 Å². The molecule has 104 valence electrons. The van der Waals surface area contributed by atoms with Crippen molar-refractivity contribution in [3.63, 3.8) is 0 Å². The van der Waals surface area contributed by atoms with Crippen LogP contribution in [0.1, 0.15) is 18.4 Å². The Morgan fingerprint density at radius 1 is 1.53 bits per heavy atom. The Morgan fingerprint density at radius 2 is 2.37 bits per heavy atom. The number of hydrogen-bond acceptors (Lipinski definition) is 4. The molecule has 1 aliphatic rings. The van der Waals surface area contributed by atoms with Crippen molar-refractivity contribution < 1.29 is 9.84 Å². The fourth-order valence-electron chi connectivity index (χ4n) is 2.27. The summed E-state index contributed by atoms with van der Waals surface area (Å²) in [6, 6.07) is 7.50. The van der Waals surface area contributed by atoms with Crippen LogP contribution in [0.5, 0.6) is 5.75 Å². The number of benzene rings is 1. The average molecular weight is 280 g/mol. The van der Waals surface area contributed by atoms with E-state index in [2.05, 4.69) is 4.90 Å². The fraction of sp³-hybridized carbons (Fsp3) is 0.500. The quantitative estimate of drug-likeness (QED) is 0.793. The minimum atomic E-state index is -0.188. The third-order valence-electron chi connectivity index (χ3n) is 3.28. The summed E-state index contributed by atoms with van der Waals surface area (Å²) in [5, 5.41) is 9.58. The minimum Gasteiger partial charge on any atom is -0.492 e. The number of aliphatic hydroxyl groups is 1. The van der Waals surface area contributed by atoms with E-state index in [-0.39, 0.29) is 6.10 Å². The van der Waals surface area contributed by atoms with Gasteiger partial charge in [-0.05, 0) is 31.5 Å². The molecule has 1 aliphatic heterocycles. The highest BCUT2D eigenvalue weighted by molar-refractivity contribution is 7.80. The number of aliphatic hydroxyl groups excluding tert-OH is 1. The van der Waals surface area contributed by atoms with Crippen molar-refractivity contribution in [2.75, 3.05) is 26.2 Å². The molecule has 0 aromatic heterocycles. The van der Waals surface area contributed by atoms with E-state index in [1.807, 2.05) is 24.3 Å². The van der Waals surface area contributed by atoms with Gasteiger partial charge < -0.3 is 15.6 Å². The normalized spacial score (nSPS) is 20.2. The van der Waals surface area contributed by atoms with E-state index in [1.165, 1.54) is 0 Å². The van der Waals surface area contributed by atoms with Crippen molar-refractivity contribution in [3.8, 4) is 5.75 Å². The summed E-state index contributed by atoms with van der Waals surface area (Å²) >= 11 is 4.94. The SMILES string of the molecule is NC(=S)c1cccc(OCCN2CCCC(O)C2)c1. The lowest BCUT2D eigenvalue weighted by Crippen LogP contribution is -2.40. The zero-order valence-corrected chi connectivity index (χ0v) is 11.7. The average Bonchev–Trinajstić information content (AvgIpc) is 2.39. The first kappa shape index (κ1) is 14.2. The first-order valence-corrected chi connectivity index (χ1v) is 6.99. The van der Waals surface area contributed by atoms with Crippen molar-refractivity contribution in [1.29, 1.82) is 0 Å². The van der Waals surface area contributed by atoms with Crippen LogP contribution < -0.4 is 10.5 Å². The summed E-state index contributed by atoms with van der Waals surface area (Å²) in [6.45, 7) is 3.21. The van der Waals surface area contributed by atoms with Crippen LogP contribution in [-0.4, -0.2) is 47.3 Å². The summed E-state index contributed by atoms with van der Waals surface area (Å²) < 4.78 is 5.70. The van der Waals surface area contributed by atoms with Gasteiger partial charge in [-0.15, -0.1) is 0 Å². The Hall–Kier alpha value is -1.17. The van der Waals surface area contributed by atoms with E-state index in [9.17, 15) is 5.11 Å². The maximum Gasteiger partial charge on any atom is 0.120 e. The van der Waals surface area contributed by atoms with Crippen LogP contribution in [-0.2, 0) is 0 Å². The Labute approximate surface area is 119 Å². The lowest BCUT2D eigenvalue weighted by atomic mass is 10.1. The number of likely N-dealkylation sites (tertiary alicyclic amines) is 1. The van der Waals surface area contributed by atoms with E-state index in [0.29, 0.717) is 11.6 Å². The molecule has 1 fully saturated rings. The maximum atomic E-state index is 9.58. The molecular formula is C14H20N2O2S. The molecule has 19 heavy (non-hydrogen) atoms. The third kappa shape index (κ3) is 4.45. The maximum absolute atomic E-state index is 9.58. The number of piperidine rings is 1. The van der Waals surface area contributed by atoms with Gasteiger partial charge in [-0.25, -0.2) is 0 Å². The van der Waals surface area contributed by atoms with Gasteiger partial charge in [-0.1, -0.05) is 24.4 Å². The number of β-amino-alcohol motifs (C(OH)–C–C–N with tert-alkyl or cyclic N) is 1. The van der Waals surface area contributed by atoms with Crippen LogP contribution >= 0.6 is 12.2 Å². The zero-order chi connectivity index (χ0) is 13.7. The van der Waals surface area contributed by atoms with Gasteiger partial charge >= 0.3 is 0 Å². The Bertz CT molecular complexity index is 439. The Balaban J connectivity index is 1.79. The predicted molar refractivity (Wildman–Crippen MR) is 79.5 cm³/mol. The van der Waals surface area contributed by atoms with Gasteiger partial charge in [0, 0.05) is 18.7 Å². The summed E-state index contributed by atoms with van der Waals surface area (Å²) in [7, 11) is 0. The molecule has 1 atom stereocenters. The Kier molecular flexibility index (Phi) is 5.13. The molecule has 1 unspecified atom stereocenters. The zero-order valence-electron chi connectivity index (χ0n) is 10.9. The number of nitrogens with two attached hydrogens (primary N) is 1. The van der Waals surface area contributed by atoms with E-state index in [0.717, 1.165) is 43.8 Å². The minimum absolute atomic E-state index is 0.188. The highest BCUT2D eigenvalue weighted by Gasteiger charge is 2.16. The number of thiocarbonyl (C=S) groups is 1. The second-order valence-corrected chi connectivity index (χ2v) is 5.28. The van der Waals surface area contributed by atoms with Crippen molar-refractivity contribution in [3.05, 3.63) is 29.8 Å². The number of nitrogens with zero attached hydrogens (tertiary/aromatic N) is 1. The summed E-state index contributed by atoms with van der Waals surface area (Å²) in [5.74, 6) is 0.780. The lowest BCUT2D eigenvalue weighted by molar-refractivity contribution is 0.0633. The molecule has 0 amide bonds. The van der Waals surface area contributed by atoms with Crippen molar-refractivity contribution in [1.82, 2.24) is 4.90 Å². The van der Waals surface area contributed by atoms with Crippen LogP contribution in [0.3, 0.4) is 0 Å². The fourth-order valence-corrected chi connectivity index (χ4v) is 2.39. The highest BCUT2D eigenvalue weighted by atomic mass is 32.1. The lowest BCUT2D eigenvalue weighted by Gasteiger charge is -2.29. The van der Waals surface area contributed by atoms with E-state index in [4.69, 9.17) is 22.7 Å². The molecule has 0 spiro atoms. The molecule has 1 aromatic rings. The van der Waals surface area contributed by atoms with Crippen molar-refractivity contribution >= 4 is 17.2 Å². The van der Waals surface area contributed by atoms with E-state index in [1.54, 1.807) is 0 Å². The number of hydrogen-bond donors (Lipinski definition) is 2. The summed E-state index contributed by atoms with van der Waals surface area (Å²) in [4.78, 5) is 2.61. The molecule has 0 saturated carbocycles. The molecule has 1 saturated heterocycles.